The molecule has 0 heterocycles. The lowest BCUT2D eigenvalue weighted by Crippen LogP contribution is -2.06. The molecule has 12 heavy (non-hydrogen) atoms. The molecular weight excluding hydrogens is 152 g/mol. The third-order valence-corrected chi connectivity index (χ3v) is 1.92. The number of Topliss-reactive ketones (excluding diaryl/α,β-unsaturated/α-hetero) is 1. The normalized spacial score (nSPS) is 10.7. The Balaban J connectivity index is 3.14. The van der Waals surface area contributed by atoms with Gasteiger partial charge in [0.25, 0.3) is 0 Å². The van der Waals surface area contributed by atoms with Crippen molar-refractivity contribution in [3.63, 3.8) is 0 Å². The van der Waals surface area contributed by atoms with Crippen molar-refractivity contribution in [2.45, 2.75) is 39.5 Å². The van der Waals surface area contributed by atoms with E-state index in [-0.39, 0.29) is 5.92 Å². The Hall–Kier alpha value is -0.370. The minimum Gasteiger partial charge on any atom is -0.385 e. The zero-order valence-electron chi connectivity index (χ0n) is 8.43. The molecule has 0 aromatic heterocycles. The molecule has 2 heteroatoms. The third kappa shape index (κ3) is 6.35. The Labute approximate surface area is 75.3 Å². The van der Waals surface area contributed by atoms with E-state index in [0.29, 0.717) is 5.78 Å². The quantitative estimate of drug-likeness (QED) is 0.551. The summed E-state index contributed by atoms with van der Waals surface area (Å²) in [6, 6.07) is 0. The molecule has 0 bridgehead atoms. The van der Waals surface area contributed by atoms with Crippen molar-refractivity contribution < 1.29 is 9.53 Å². The minimum atomic E-state index is 0.201. The van der Waals surface area contributed by atoms with E-state index in [2.05, 4.69) is 0 Å². The van der Waals surface area contributed by atoms with Crippen LogP contribution in [0.5, 0.6) is 0 Å². The fourth-order valence-corrected chi connectivity index (χ4v) is 1.01. The second-order valence-corrected chi connectivity index (χ2v) is 3.42. The highest BCUT2D eigenvalue weighted by Crippen LogP contribution is 2.05. The topological polar surface area (TPSA) is 26.3 Å². The highest BCUT2D eigenvalue weighted by molar-refractivity contribution is 5.80. The Bertz CT molecular complexity index is 119. The van der Waals surface area contributed by atoms with Crippen molar-refractivity contribution >= 4 is 5.78 Å². The Morgan fingerprint density at radius 2 is 1.92 bits per heavy atom. The average molecular weight is 172 g/mol. The zero-order valence-corrected chi connectivity index (χ0v) is 8.43. The molecule has 0 saturated heterocycles. The second kappa shape index (κ2) is 7.29. The molecule has 2 nitrogen and oxygen atoms in total. The summed E-state index contributed by atoms with van der Waals surface area (Å²) < 4.78 is 4.91. The van der Waals surface area contributed by atoms with E-state index >= 15 is 0 Å². The number of carbonyl (C=O) groups is 1. The molecule has 0 aromatic carbocycles. The molecule has 0 N–H and O–H groups in total. The first-order valence-corrected chi connectivity index (χ1v) is 4.70. The van der Waals surface area contributed by atoms with Crippen LogP contribution in [-0.2, 0) is 9.53 Å². The summed E-state index contributed by atoms with van der Waals surface area (Å²) in [7, 11) is 1.71. The van der Waals surface area contributed by atoms with Gasteiger partial charge in [-0.15, -0.1) is 0 Å². The first-order valence-electron chi connectivity index (χ1n) is 4.70. The van der Waals surface area contributed by atoms with Gasteiger partial charge < -0.3 is 4.74 Å². The predicted molar refractivity (Wildman–Crippen MR) is 50.2 cm³/mol. The first-order chi connectivity index (χ1) is 5.68. The summed E-state index contributed by atoms with van der Waals surface area (Å²) in [6.45, 7) is 4.73. The van der Waals surface area contributed by atoms with Gasteiger partial charge in [0.2, 0.25) is 0 Å². The number of unbranched alkanes of at least 4 members (excludes halogenated alkanes) is 2. The summed E-state index contributed by atoms with van der Waals surface area (Å²) in [6.07, 6.45) is 3.93. The second-order valence-electron chi connectivity index (χ2n) is 3.42. The smallest absolute Gasteiger partial charge is 0.135 e. The Kier molecular flexibility index (Phi) is 7.06. The number of rotatable bonds is 7. The standard InChI is InChI=1S/C10H20O2/c1-9(2)10(11)7-5-4-6-8-12-3/h9H,4-8H2,1-3H3. The van der Waals surface area contributed by atoms with Crippen molar-refractivity contribution in [1.29, 1.82) is 0 Å². The third-order valence-electron chi connectivity index (χ3n) is 1.92. The van der Waals surface area contributed by atoms with E-state index in [1.54, 1.807) is 7.11 Å². The van der Waals surface area contributed by atoms with Crippen LogP contribution in [0.2, 0.25) is 0 Å². The molecule has 0 unspecified atom stereocenters. The molecular formula is C10H20O2. The molecule has 0 fully saturated rings. The lowest BCUT2D eigenvalue weighted by atomic mass is 10.0. The zero-order chi connectivity index (χ0) is 9.40. The van der Waals surface area contributed by atoms with Gasteiger partial charge in [-0.25, -0.2) is 0 Å². The fraction of sp³-hybridized carbons (Fsp3) is 0.900. The Morgan fingerprint density at radius 1 is 1.25 bits per heavy atom. The number of methoxy groups -OCH3 is 1. The van der Waals surface area contributed by atoms with Gasteiger partial charge in [-0.05, 0) is 12.8 Å². The molecule has 0 rings (SSSR count). The van der Waals surface area contributed by atoms with Gasteiger partial charge in [0.05, 0.1) is 0 Å². The van der Waals surface area contributed by atoms with Crippen LogP contribution in [0.4, 0.5) is 0 Å². The van der Waals surface area contributed by atoms with E-state index < -0.39 is 0 Å². The highest BCUT2D eigenvalue weighted by Gasteiger charge is 2.05. The summed E-state index contributed by atoms with van der Waals surface area (Å²) in [5.74, 6) is 0.583. The number of carbonyl (C=O) groups excluding carboxylic acids is 1. The van der Waals surface area contributed by atoms with E-state index in [9.17, 15) is 4.79 Å². The molecule has 0 aliphatic rings. The van der Waals surface area contributed by atoms with Crippen LogP contribution in [0.25, 0.3) is 0 Å². The average Bonchev–Trinajstić information content (AvgIpc) is 2.03. The maximum absolute atomic E-state index is 11.1. The van der Waals surface area contributed by atoms with E-state index in [1.165, 1.54) is 0 Å². The number of ketones is 1. The van der Waals surface area contributed by atoms with Gasteiger partial charge in [0.15, 0.2) is 0 Å². The van der Waals surface area contributed by atoms with E-state index in [0.717, 1.165) is 32.3 Å². The molecule has 0 radical (unpaired) electrons. The number of hydrogen-bond acceptors (Lipinski definition) is 2. The van der Waals surface area contributed by atoms with Crippen molar-refractivity contribution in [1.82, 2.24) is 0 Å². The van der Waals surface area contributed by atoms with Crippen LogP contribution >= 0.6 is 0 Å². The van der Waals surface area contributed by atoms with Crippen LogP contribution in [-0.4, -0.2) is 19.5 Å². The van der Waals surface area contributed by atoms with Crippen LogP contribution in [0, 0.1) is 5.92 Å². The summed E-state index contributed by atoms with van der Waals surface area (Å²) in [4.78, 5) is 11.1. The van der Waals surface area contributed by atoms with Crippen molar-refractivity contribution in [3.8, 4) is 0 Å². The molecule has 0 atom stereocenters. The molecule has 0 aliphatic carbocycles. The van der Waals surface area contributed by atoms with E-state index in [1.807, 2.05) is 13.8 Å². The largest absolute Gasteiger partial charge is 0.385 e. The summed E-state index contributed by atoms with van der Waals surface area (Å²) >= 11 is 0. The molecule has 0 saturated carbocycles. The van der Waals surface area contributed by atoms with E-state index in [4.69, 9.17) is 4.74 Å². The van der Waals surface area contributed by atoms with Gasteiger partial charge in [-0.3, -0.25) is 4.79 Å². The van der Waals surface area contributed by atoms with Gasteiger partial charge in [0.1, 0.15) is 5.78 Å². The van der Waals surface area contributed by atoms with Crippen molar-refractivity contribution in [2.24, 2.45) is 5.92 Å². The predicted octanol–water partition coefficient (Wildman–Crippen LogP) is 2.42. The maximum Gasteiger partial charge on any atom is 0.135 e. The molecule has 0 aliphatic heterocycles. The van der Waals surface area contributed by atoms with Gasteiger partial charge >= 0.3 is 0 Å². The number of hydrogen-bond donors (Lipinski definition) is 0. The van der Waals surface area contributed by atoms with Crippen LogP contribution < -0.4 is 0 Å². The lowest BCUT2D eigenvalue weighted by molar-refractivity contribution is -0.122. The number of ether oxygens (including phenoxy) is 1. The summed E-state index contributed by atoms with van der Waals surface area (Å²) in [5, 5.41) is 0. The fourth-order valence-electron chi connectivity index (χ4n) is 1.01. The minimum absolute atomic E-state index is 0.201. The molecule has 0 spiro atoms. The summed E-state index contributed by atoms with van der Waals surface area (Å²) in [5.41, 5.74) is 0. The monoisotopic (exact) mass is 172 g/mol. The van der Waals surface area contributed by atoms with Gasteiger partial charge in [-0.2, -0.15) is 0 Å². The Morgan fingerprint density at radius 3 is 2.42 bits per heavy atom. The first kappa shape index (κ1) is 11.6. The molecule has 72 valence electrons. The lowest BCUT2D eigenvalue weighted by Gasteiger charge is -2.03. The highest BCUT2D eigenvalue weighted by atomic mass is 16.5. The molecule has 0 aromatic rings. The van der Waals surface area contributed by atoms with Gasteiger partial charge in [-0.1, -0.05) is 20.3 Å². The SMILES string of the molecule is COCCCCCC(=O)C(C)C. The van der Waals surface area contributed by atoms with Crippen LogP contribution in [0.1, 0.15) is 39.5 Å². The van der Waals surface area contributed by atoms with Crippen molar-refractivity contribution in [2.75, 3.05) is 13.7 Å². The van der Waals surface area contributed by atoms with Crippen LogP contribution in [0.15, 0.2) is 0 Å². The van der Waals surface area contributed by atoms with Crippen LogP contribution in [0.3, 0.4) is 0 Å². The van der Waals surface area contributed by atoms with Gasteiger partial charge in [0, 0.05) is 26.1 Å². The van der Waals surface area contributed by atoms with Crippen molar-refractivity contribution in [3.05, 3.63) is 0 Å². The molecule has 0 amide bonds. The maximum atomic E-state index is 11.1.